The summed E-state index contributed by atoms with van der Waals surface area (Å²) < 4.78 is 5.55. The molecule has 1 aromatic rings. The lowest BCUT2D eigenvalue weighted by molar-refractivity contribution is -0.124. The molecule has 2 N–H and O–H groups in total. The Morgan fingerprint density at radius 2 is 2.12 bits per heavy atom. The van der Waals surface area contributed by atoms with Crippen LogP contribution in [0.5, 0.6) is 5.75 Å². The van der Waals surface area contributed by atoms with Crippen molar-refractivity contribution in [2.75, 3.05) is 24.6 Å². The minimum atomic E-state index is -0.0899. The SMILES string of the molecule is CC1CC(NC(=O)COc2ccc(N3CCCC3=O)cc2)CCN1.Cl. The van der Waals surface area contributed by atoms with Gasteiger partial charge in [-0.2, -0.15) is 0 Å². The van der Waals surface area contributed by atoms with Gasteiger partial charge in [-0.15, -0.1) is 12.4 Å². The van der Waals surface area contributed by atoms with Gasteiger partial charge >= 0.3 is 0 Å². The van der Waals surface area contributed by atoms with Gasteiger partial charge in [0, 0.05) is 30.7 Å². The molecule has 0 spiro atoms. The molecule has 2 unspecified atom stereocenters. The fourth-order valence-electron chi connectivity index (χ4n) is 3.32. The van der Waals surface area contributed by atoms with E-state index >= 15 is 0 Å². The van der Waals surface area contributed by atoms with Crippen LogP contribution in [0.3, 0.4) is 0 Å². The number of amides is 2. The van der Waals surface area contributed by atoms with Gasteiger partial charge < -0.3 is 20.3 Å². The summed E-state index contributed by atoms with van der Waals surface area (Å²) in [5.74, 6) is 0.714. The largest absolute Gasteiger partial charge is 0.484 e. The summed E-state index contributed by atoms with van der Waals surface area (Å²) in [5.41, 5.74) is 0.887. The highest BCUT2D eigenvalue weighted by Gasteiger charge is 2.22. The lowest BCUT2D eigenvalue weighted by Gasteiger charge is -2.28. The van der Waals surface area contributed by atoms with Crippen molar-refractivity contribution in [3.8, 4) is 5.75 Å². The Hall–Kier alpha value is -1.79. The van der Waals surface area contributed by atoms with Crippen molar-refractivity contribution < 1.29 is 14.3 Å². The molecule has 2 fully saturated rings. The van der Waals surface area contributed by atoms with Gasteiger partial charge in [0.2, 0.25) is 5.91 Å². The second-order valence-corrected chi connectivity index (χ2v) is 6.58. The van der Waals surface area contributed by atoms with Crippen molar-refractivity contribution in [2.45, 2.75) is 44.7 Å². The average molecular weight is 368 g/mol. The van der Waals surface area contributed by atoms with Gasteiger partial charge in [-0.1, -0.05) is 0 Å². The summed E-state index contributed by atoms with van der Waals surface area (Å²) in [7, 11) is 0. The summed E-state index contributed by atoms with van der Waals surface area (Å²) in [5, 5.41) is 6.39. The van der Waals surface area contributed by atoms with E-state index in [1.54, 1.807) is 17.0 Å². The Labute approximate surface area is 154 Å². The van der Waals surface area contributed by atoms with Gasteiger partial charge in [0.15, 0.2) is 6.61 Å². The topological polar surface area (TPSA) is 70.7 Å². The van der Waals surface area contributed by atoms with Crippen molar-refractivity contribution in [1.29, 1.82) is 0 Å². The number of ether oxygens (including phenoxy) is 1. The smallest absolute Gasteiger partial charge is 0.258 e. The normalized spacial score (nSPS) is 23.1. The second-order valence-electron chi connectivity index (χ2n) is 6.58. The van der Waals surface area contributed by atoms with Crippen LogP contribution in [-0.4, -0.2) is 43.6 Å². The molecular weight excluding hydrogens is 342 g/mol. The molecule has 2 aliphatic heterocycles. The fourth-order valence-corrected chi connectivity index (χ4v) is 3.32. The van der Waals surface area contributed by atoms with Crippen LogP contribution in [0.1, 0.15) is 32.6 Å². The number of nitrogens with zero attached hydrogens (tertiary/aromatic N) is 1. The summed E-state index contributed by atoms with van der Waals surface area (Å²) in [6, 6.07) is 8.00. The zero-order valence-electron chi connectivity index (χ0n) is 14.5. The first kappa shape index (κ1) is 19.5. The van der Waals surface area contributed by atoms with Crippen LogP contribution in [0.15, 0.2) is 24.3 Å². The van der Waals surface area contributed by atoms with Crippen molar-refractivity contribution in [3.05, 3.63) is 24.3 Å². The molecule has 138 valence electrons. The Bertz CT molecular complexity index is 594. The molecule has 25 heavy (non-hydrogen) atoms. The number of anilines is 1. The van der Waals surface area contributed by atoms with Gasteiger partial charge in [-0.3, -0.25) is 9.59 Å². The molecule has 6 nitrogen and oxygen atoms in total. The second kappa shape index (κ2) is 9.06. The zero-order valence-corrected chi connectivity index (χ0v) is 15.3. The van der Waals surface area contributed by atoms with Gasteiger partial charge in [0.1, 0.15) is 5.75 Å². The third-order valence-corrected chi connectivity index (χ3v) is 4.58. The number of carbonyl (C=O) groups excluding carboxylic acids is 2. The molecule has 0 bridgehead atoms. The van der Waals surface area contributed by atoms with E-state index in [-0.39, 0.29) is 36.9 Å². The van der Waals surface area contributed by atoms with Crippen LogP contribution in [0.2, 0.25) is 0 Å². The van der Waals surface area contributed by atoms with E-state index < -0.39 is 0 Å². The van der Waals surface area contributed by atoms with Crippen LogP contribution < -0.4 is 20.3 Å². The van der Waals surface area contributed by atoms with Gasteiger partial charge in [-0.05, 0) is 57.0 Å². The first-order valence-corrected chi connectivity index (χ1v) is 8.68. The number of hydrogen-bond donors (Lipinski definition) is 2. The standard InChI is InChI=1S/C18H25N3O3.ClH/c1-13-11-14(8-9-19-13)20-17(22)12-24-16-6-4-15(5-7-16)21-10-2-3-18(21)23;/h4-7,13-14,19H,2-3,8-12H2,1H3,(H,20,22);1H. The van der Waals surface area contributed by atoms with Crippen molar-refractivity contribution in [1.82, 2.24) is 10.6 Å². The summed E-state index contributed by atoms with van der Waals surface area (Å²) in [6.45, 7) is 3.85. The van der Waals surface area contributed by atoms with Gasteiger partial charge in [0.05, 0.1) is 0 Å². The number of nitrogens with one attached hydrogen (secondary N) is 2. The summed E-state index contributed by atoms with van der Waals surface area (Å²) >= 11 is 0. The number of benzene rings is 1. The first-order chi connectivity index (χ1) is 11.6. The quantitative estimate of drug-likeness (QED) is 0.833. The summed E-state index contributed by atoms with van der Waals surface area (Å²) in [6.07, 6.45) is 3.43. The molecule has 2 heterocycles. The zero-order chi connectivity index (χ0) is 16.9. The number of piperidine rings is 1. The number of hydrogen-bond acceptors (Lipinski definition) is 4. The molecule has 0 aliphatic carbocycles. The minimum absolute atomic E-state index is 0. The van der Waals surface area contributed by atoms with E-state index in [4.69, 9.17) is 4.74 Å². The maximum Gasteiger partial charge on any atom is 0.258 e. The number of halogens is 1. The molecule has 0 radical (unpaired) electrons. The molecule has 2 amide bonds. The lowest BCUT2D eigenvalue weighted by atomic mass is 10.0. The number of carbonyl (C=O) groups is 2. The van der Waals surface area contributed by atoms with E-state index in [9.17, 15) is 9.59 Å². The van der Waals surface area contributed by atoms with Crippen LogP contribution in [0.4, 0.5) is 5.69 Å². The third kappa shape index (κ3) is 5.34. The molecule has 1 aromatic carbocycles. The maximum atomic E-state index is 12.0. The highest BCUT2D eigenvalue weighted by Crippen LogP contribution is 2.23. The van der Waals surface area contributed by atoms with E-state index in [0.29, 0.717) is 18.2 Å². The Balaban J connectivity index is 0.00000225. The molecule has 0 aromatic heterocycles. The van der Waals surface area contributed by atoms with E-state index in [1.807, 2.05) is 12.1 Å². The molecular formula is C18H26ClN3O3. The Kier molecular flexibility index (Phi) is 7.08. The Morgan fingerprint density at radius 1 is 1.36 bits per heavy atom. The maximum absolute atomic E-state index is 12.0. The first-order valence-electron chi connectivity index (χ1n) is 8.68. The molecule has 3 rings (SSSR count). The highest BCUT2D eigenvalue weighted by molar-refractivity contribution is 5.95. The monoisotopic (exact) mass is 367 g/mol. The van der Waals surface area contributed by atoms with Crippen molar-refractivity contribution in [3.63, 3.8) is 0 Å². The molecule has 2 atom stereocenters. The van der Waals surface area contributed by atoms with Crippen LogP contribution in [0, 0.1) is 0 Å². The van der Waals surface area contributed by atoms with E-state index in [2.05, 4.69) is 17.6 Å². The molecule has 0 saturated carbocycles. The molecule has 7 heteroatoms. The average Bonchev–Trinajstić information content (AvgIpc) is 2.99. The van der Waals surface area contributed by atoms with Gasteiger partial charge in [-0.25, -0.2) is 0 Å². The third-order valence-electron chi connectivity index (χ3n) is 4.58. The number of rotatable bonds is 5. The fraction of sp³-hybridized carbons (Fsp3) is 0.556. The van der Waals surface area contributed by atoms with Crippen LogP contribution in [0.25, 0.3) is 0 Å². The highest BCUT2D eigenvalue weighted by atomic mass is 35.5. The predicted molar refractivity (Wildman–Crippen MR) is 99.4 cm³/mol. The molecule has 2 aliphatic rings. The van der Waals surface area contributed by atoms with E-state index in [1.165, 1.54) is 0 Å². The van der Waals surface area contributed by atoms with Crippen LogP contribution in [-0.2, 0) is 9.59 Å². The lowest BCUT2D eigenvalue weighted by Crippen LogP contribution is -2.47. The van der Waals surface area contributed by atoms with Crippen molar-refractivity contribution in [2.24, 2.45) is 0 Å². The predicted octanol–water partition coefficient (Wildman–Crippen LogP) is 1.87. The Morgan fingerprint density at radius 3 is 2.76 bits per heavy atom. The van der Waals surface area contributed by atoms with Crippen LogP contribution >= 0.6 is 12.4 Å². The van der Waals surface area contributed by atoms with Gasteiger partial charge in [0.25, 0.3) is 5.91 Å². The summed E-state index contributed by atoms with van der Waals surface area (Å²) in [4.78, 5) is 25.5. The molecule has 2 saturated heterocycles. The minimum Gasteiger partial charge on any atom is -0.484 e. The van der Waals surface area contributed by atoms with E-state index in [0.717, 1.165) is 38.0 Å². The van der Waals surface area contributed by atoms with Crippen molar-refractivity contribution >= 4 is 29.9 Å².